The van der Waals surface area contributed by atoms with Gasteiger partial charge in [-0.2, -0.15) is 0 Å². The molecule has 0 amide bonds. The van der Waals surface area contributed by atoms with Crippen LogP contribution in [0.1, 0.15) is 12.5 Å². The molecule has 0 aliphatic rings. The molecule has 126 valence electrons. The summed E-state index contributed by atoms with van der Waals surface area (Å²) in [6.45, 7) is 0.354. The van der Waals surface area contributed by atoms with Crippen LogP contribution in [0.3, 0.4) is 0 Å². The van der Waals surface area contributed by atoms with Crippen LogP contribution >= 0.6 is 0 Å². The summed E-state index contributed by atoms with van der Waals surface area (Å²) in [4.78, 5) is 23.3. The van der Waals surface area contributed by atoms with E-state index in [9.17, 15) is 18.0 Å². The molecule has 2 rings (SSSR count). The Balaban J connectivity index is 2.33. The maximum atomic E-state index is 15.1. The monoisotopic (exact) mass is 350 g/mol. The lowest BCUT2D eigenvalue weighted by atomic mass is 10.2. The molecule has 0 N–H and O–H groups in total. The molecular formula is C17H15FO5S. The van der Waals surface area contributed by atoms with Crippen molar-refractivity contribution < 1.29 is 27.1 Å². The Morgan fingerprint density at radius 3 is 2.00 bits per heavy atom. The van der Waals surface area contributed by atoms with Crippen molar-refractivity contribution in [2.24, 2.45) is 0 Å². The Kier molecular flexibility index (Phi) is 5.14. The van der Waals surface area contributed by atoms with Gasteiger partial charge in [-0.1, -0.05) is 48.5 Å². The fourth-order valence-corrected chi connectivity index (χ4v) is 3.52. The van der Waals surface area contributed by atoms with Gasteiger partial charge < -0.3 is 4.74 Å². The Labute approximate surface area is 139 Å². The van der Waals surface area contributed by atoms with Crippen molar-refractivity contribution in [3.63, 3.8) is 0 Å². The van der Waals surface area contributed by atoms with Crippen LogP contribution in [0.5, 0.6) is 0 Å². The van der Waals surface area contributed by atoms with E-state index in [4.69, 9.17) is 4.74 Å². The van der Waals surface area contributed by atoms with E-state index in [1.165, 1.54) is 18.2 Å². The highest BCUT2D eigenvalue weighted by molar-refractivity contribution is 7.94. The Bertz CT molecular complexity index is 834. The number of alkyl halides is 1. The van der Waals surface area contributed by atoms with E-state index >= 15 is 4.39 Å². The van der Waals surface area contributed by atoms with Gasteiger partial charge in [0, 0.05) is 0 Å². The van der Waals surface area contributed by atoms with E-state index in [-0.39, 0.29) is 6.61 Å². The number of carbonyl (C=O) groups is 2. The van der Waals surface area contributed by atoms with Gasteiger partial charge in [-0.3, -0.25) is 4.79 Å². The van der Waals surface area contributed by atoms with Crippen molar-refractivity contribution in [1.29, 1.82) is 0 Å². The SMILES string of the molecule is CC(=O)C(F)(C(=O)OCc1ccccc1)S(=O)(=O)c1ccccc1. The molecule has 24 heavy (non-hydrogen) atoms. The minimum atomic E-state index is -4.89. The zero-order chi connectivity index (χ0) is 17.8. The number of rotatable bonds is 6. The highest BCUT2D eigenvalue weighted by Gasteiger charge is 2.58. The fourth-order valence-electron chi connectivity index (χ4n) is 2.02. The number of hydrogen-bond donors (Lipinski definition) is 0. The molecule has 0 bridgehead atoms. The average Bonchev–Trinajstić information content (AvgIpc) is 2.60. The molecule has 0 aliphatic carbocycles. The number of sulfone groups is 1. The van der Waals surface area contributed by atoms with E-state index < -0.39 is 31.5 Å². The van der Waals surface area contributed by atoms with Crippen molar-refractivity contribution in [3.8, 4) is 0 Å². The number of ketones is 1. The van der Waals surface area contributed by atoms with Crippen LogP contribution in [-0.2, 0) is 30.8 Å². The molecule has 0 aliphatic heterocycles. The van der Waals surface area contributed by atoms with Gasteiger partial charge in [0.25, 0.3) is 0 Å². The van der Waals surface area contributed by atoms with Crippen molar-refractivity contribution in [2.75, 3.05) is 0 Å². The lowest BCUT2D eigenvalue weighted by molar-refractivity contribution is -0.156. The summed E-state index contributed by atoms with van der Waals surface area (Å²) in [7, 11) is -4.89. The predicted octanol–water partition coefficient (Wildman–Crippen LogP) is 2.46. The van der Waals surface area contributed by atoms with Crippen LogP contribution in [-0.4, -0.2) is 25.2 Å². The molecular weight excluding hydrogens is 335 g/mol. The van der Waals surface area contributed by atoms with Gasteiger partial charge in [0.2, 0.25) is 9.84 Å². The van der Waals surface area contributed by atoms with Crippen LogP contribution < -0.4 is 0 Å². The Morgan fingerprint density at radius 1 is 1.00 bits per heavy atom. The van der Waals surface area contributed by atoms with Crippen LogP contribution in [0.2, 0.25) is 0 Å². The van der Waals surface area contributed by atoms with E-state index in [2.05, 4.69) is 0 Å². The van der Waals surface area contributed by atoms with Gasteiger partial charge in [-0.15, -0.1) is 0 Å². The summed E-state index contributed by atoms with van der Waals surface area (Å²) in [5, 5.41) is -3.79. The van der Waals surface area contributed by atoms with Crippen molar-refractivity contribution >= 4 is 21.6 Å². The summed E-state index contributed by atoms with van der Waals surface area (Å²) in [6, 6.07) is 14.8. The molecule has 0 saturated heterocycles. The smallest absolute Gasteiger partial charge is 0.368 e. The van der Waals surface area contributed by atoms with Gasteiger partial charge in [0.1, 0.15) is 6.61 Å². The minimum Gasteiger partial charge on any atom is -0.457 e. The van der Waals surface area contributed by atoms with Crippen LogP contribution in [0.4, 0.5) is 4.39 Å². The number of carbonyl (C=O) groups excluding carboxylic acids is 2. The molecule has 0 radical (unpaired) electrons. The van der Waals surface area contributed by atoms with Crippen molar-refractivity contribution in [2.45, 2.75) is 23.4 Å². The molecule has 2 aromatic rings. The van der Waals surface area contributed by atoms with Crippen molar-refractivity contribution in [1.82, 2.24) is 0 Å². The third-order valence-corrected chi connectivity index (χ3v) is 5.44. The van der Waals surface area contributed by atoms with E-state index in [0.717, 1.165) is 12.1 Å². The van der Waals surface area contributed by atoms with E-state index in [0.29, 0.717) is 12.5 Å². The van der Waals surface area contributed by atoms with Gasteiger partial charge in [0.05, 0.1) is 4.90 Å². The third-order valence-electron chi connectivity index (χ3n) is 3.35. The number of ether oxygens (including phenoxy) is 1. The maximum absolute atomic E-state index is 15.1. The Hall–Kier alpha value is -2.54. The zero-order valence-corrected chi connectivity index (χ0v) is 13.6. The lowest BCUT2D eigenvalue weighted by Crippen LogP contribution is -2.49. The highest BCUT2D eigenvalue weighted by atomic mass is 32.2. The van der Waals surface area contributed by atoms with Gasteiger partial charge >= 0.3 is 11.0 Å². The molecule has 1 atom stereocenters. The maximum Gasteiger partial charge on any atom is 0.368 e. The second-order valence-corrected chi connectivity index (χ2v) is 7.07. The molecule has 1 unspecified atom stereocenters. The first kappa shape index (κ1) is 17.8. The largest absolute Gasteiger partial charge is 0.457 e. The van der Waals surface area contributed by atoms with Crippen LogP contribution in [0, 0.1) is 0 Å². The minimum absolute atomic E-state index is 0.344. The molecule has 7 heteroatoms. The number of halogens is 1. The molecule has 2 aromatic carbocycles. The van der Waals surface area contributed by atoms with E-state index in [1.54, 1.807) is 30.3 Å². The van der Waals surface area contributed by atoms with Crippen LogP contribution in [0.25, 0.3) is 0 Å². The number of hydrogen-bond acceptors (Lipinski definition) is 5. The summed E-state index contributed by atoms with van der Waals surface area (Å²) in [5.74, 6) is -3.20. The third kappa shape index (κ3) is 3.21. The quantitative estimate of drug-likeness (QED) is 0.591. The lowest BCUT2D eigenvalue weighted by Gasteiger charge is -2.21. The van der Waals surface area contributed by atoms with Crippen LogP contribution in [0.15, 0.2) is 65.6 Å². The summed E-state index contributed by atoms with van der Waals surface area (Å²) in [6.07, 6.45) is 0. The zero-order valence-electron chi connectivity index (χ0n) is 12.8. The first-order valence-corrected chi connectivity index (χ1v) is 8.49. The Morgan fingerprint density at radius 2 is 1.50 bits per heavy atom. The topological polar surface area (TPSA) is 77.5 Å². The summed E-state index contributed by atoms with van der Waals surface area (Å²) >= 11 is 0. The summed E-state index contributed by atoms with van der Waals surface area (Å²) in [5.41, 5.74) is 0.536. The van der Waals surface area contributed by atoms with E-state index in [1.807, 2.05) is 0 Å². The number of Topliss-reactive ketones (excluding diaryl/α,β-unsaturated/α-hetero) is 1. The fraction of sp³-hybridized carbons (Fsp3) is 0.176. The first-order chi connectivity index (χ1) is 11.3. The first-order valence-electron chi connectivity index (χ1n) is 7.01. The van der Waals surface area contributed by atoms with Gasteiger partial charge in [0.15, 0.2) is 5.78 Å². The second-order valence-electron chi connectivity index (χ2n) is 5.03. The second kappa shape index (κ2) is 6.92. The van der Waals surface area contributed by atoms with Gasteiger partial charge in [-0.05, 0) is 24.6 Å². The molecule has 0 saturated carbocycles. The average molecular weight is 350 g/mol. The molecule has 5 nitrogen and oxygen atoms in total. The van der Waals surface area contributed by atoms with Gasteiger partial charge in [-0.25, -0.2) is 17.6 Å². The summed E-state index contributed by atoms with van der Waals surface area (Å²) < 4.78 is 44.7. The number of benzene rings is 2. The molecule has 0 spiro atoms. The standard InChI is InChI=1S/C17H15FO5S/c1-13(19)17(18,24(21,22)15-10-6-3-7-11-15)16(20)23-12-14-8-4-2-5-9-14/h2-11H,12H2,1H3. The normalized spacial score (nSPS) is 13.8. The number of esters is 1. The molecule has 0 aromatic heterocycles. The molecule has 0 fully saturated rings. The highest BCUT2D eigenvalue weighted by Crippen LogP contribution is 2.30. The predicted molar refractivity (Wildman–Crippen MR) is 84.4 cm³/mol. The molecule has 0 heterocycles. The van der Waals surface area contributed by atoms with Crippen molar-refractivity contribution in [3.05, 3.63) is 66.2 Å².